The number of hydrogen-bond acceptors (Lipinski definition) is 6. The number of rotatable bonds is 9. The topological polar surface area (TPSA) is 67.1 Å². The van der Waals surface area contributed by atoms with Gasteiger partial charge in [-0.1, -0.05) is 0 Å². The van der Waals surface area contributed by atoms with Crippen molar-refractivity contribution in [2.24, 2.45) is 0 Å². The van der Waals surface area contributed by atoms with Gasteiger partial charge in [0.25, 0.3) is 0 Å². The van der Waals surface area contributed by atoms with Crippen molar-refractivity contribution in [1.82, 2.24) is 0 Å². The first kappa shape index (κ1) is 24.0. The molecular formula is C25H30O6Se. The normalized spacial score (nSPS) is 11.4. The summed E-state index contributed by atoms with van der Waals surface area (Å²) in [5, 5.41) is 0.354. The Labute approximate surface area is 195 Å². The van der Waals surface area contributed by atoms with Gasteiger partial charge in [-0.05, 0) is 0 Å². The Balaban J connectivity index is 2.06. The van der Waals surface area contributed by atoms with Crippen LogP contribution in [0.4, 0.5) is 0 Å². The van der Waals surface area contributed by atoms with Crippen LogP contribution in [0, 0.1) is 0 Å². The van der Waals surface area contributed by atoms with Gasteiger partial charge in [-0.2, -0.15) is 0 Å². The van der Waals surface area contributed by atoms with Crippen molar-refractivity contribution < 1.29 is 23.4 Å². The summed E-state index contributed by atoms with van der Waals surface area (Å²) in [6, 6.07) is 11.1. The predicted octanol–water partition coefficient (Wildman–Crippen LogP) is 3.82. The molecule has 0 unspecified atom stereocenters. The molecule has 0 atom stereocenters. The summed E-state index contributed by atoms with van der Waals surface area (Å²) in [6.45, 7) is 11.6. The van der Waals surface area contributed by atoms with Crippen molar-refractivity contribution in [3.05, 3.63) is 46.6 Å². The van der Waals surface area contributed by atoms with Crippen LogP contribution < -0.4 is 33.5 Å². The minimum atomic E-state index is -0.193. The van der Waals surface area contributed by atoms with Crippen LogP contribution in [0.5, 0.6) is 23.0 Å². The molecule has 0 aliphatic rings. The number of fused-ring (bicyclic) bond motifs is 1. The van der Waals surface area contributed by atoms with Crippen LogP contribution in [0.2, 0.25) is 0 Å². The van der Waals surface area contributed by atoms with Gasteiger partial charge in [0.1, 0.15) is 0 Å². The molecule has 172 valence electrons. The Bertz CT molecular complexity index is 1120. The Hall–Kier alpha value is -2.63. The van der Waals surface area contributed by atoms with Crippen molar-refractivity contribution in [3.8, 4) is 23.0 Å². The van der Waals surface area contributed by atoms with Crippen LogP contribution in [0.15, 0.2) is 45.6 Å². The third kappa shape index (κ3) is 5.78. The summed E-state index contributed by atoms with van der Waals surface area (Å²) < 4.78 is 31.0. The van der Waals surface area contributed by atoms with E-state index in [1.165, 1.54) is 13.2 Å². The summed E-state index contributed by atoms with van der Waals surface area (Å²) in [6.07, 6.45) is -0.124. The molecule has 6 nitrogen and oxygen atoms in total. The van der Waals surface area contributed by atoms with Gasteiger partial charge >= 0.3 is 195 Å². The quantitative estimate of drug-likeness (QED) is 0.412. The molecule has 0 amide bonds. The zero-order valence-corrected chi connectivity index (χ0v) is 21.3. The molecule has 0 saturated carbocycles. The van der Waals surface area contributed by atoms with Crippen molar-refractivity contribution in [2.75, 3.05) is 7.11 Å². The molecule has 0 spiro atoms. The van der Waals surface area contributed by atoms with Gasteiger partial charge < -0.3 is 0 Å². The maximum atomic E-state index is 13.1. The van der Waals surface area contributed by atoms with Crippen molar-refractivity contribution in [2.45, 2.75) is 59.9 Å². The molecule has 1 heterocycles. The van der Waals surface area contributed by atoms with E-state index in [-0.39, 0.29) is 38.7 Å². The van der Waals surface area contributed by atoms with Gasteiger partial charge in [-0.15, -0.1) is 0 Å². The molecule has 0 saturated heterocycles. The SMILES string of the molecule is COc1c(OC(C)C)cc2oc([Se]c3ccc(OC(C)C)cc3)cc(=O)c2c1OC(C)C. The Morgan fingerprint density at radius 1 is 0.812 bits per heavy atom. The molecule has 1 aromatic heterocycles. The molecule has 32 heavy (non-hydrogen) atoms. The first-order valence-corrected chi connectivity index (χ1v) is 12.4. The van der Waals surface area contributed by atoms with Crippen molar-refractivity contribution in [1.29, 1.82) is 0 Å². The third-order valence-corrected chi connectivity index (χ3v) is 6.12. The molecule has 3 rings (SSSR count). The Morgan fingerprint density at radius 3 is 2.00 bits per heavy atom. The average molecular weight is 505 g/mol. The minimum absolute atomic E-state index is 0.0843. The Kier molecular flexibility index (Phi) is 7.75. The number of methoxy groups -OCH3 is 1. The molecule has 0 bridgehead atoms. The predicted molar refractivity (Wildman–Crippen MR) is 128 cm³/mol. The van der Waals surface area contributed by atoms with E-state index in [1.807, 2.05) is 65.8 Å². The summed E-state index contributed by atoms with van der Waals surface area (Å²) in [4.78, 5) is 13.1. The molecular weight excluding hydrogens is 475 g/mol. The first-order chi connectivity index (χ1) is 15.2. The molecule has 0 fully saturated rings. The summed E-state index contributed by atoms with van der Waals surface area (Å²) in [5.41, 5.74) is 0.245. The number of benzene rings is 2. The maximum absolute atomic E-state index is 13.1. The standard InChI is InChI=1S/C25H30O6Se/c1-14(2)28-17-8-10-18(11-9-17)32-22-12-19(26)23-20(31-22)13-21(29-15(3)4)24(27-7)25(23)30-16(5)6/h8-16H,1-7H3. The second kappa shape index (κ2) is 10.3. The third-order valence-electron chi connectivity index (χ3n) is 4.21. The fourth-order valence-electron chi connectivity index (χ4n) is 3.13. The van der Waals surface area contributed by atoms with Gasteiger partial charge in [-0.3, -0.25) is 0 Å². The van der Waals surface area contributed by atoms with Gasteiger partial charge in [0.2, 0.25) is 0 Å². The summed E-state index contributed by atoms with van der Waals surface area (Å²) in [5.74, 6) is 2.04. The van der Waals surface area contributed by atoms with Crippen molar-refractivity contribution in [3.63, 3.8) is 0 Å². The van der Waals surface area contributed by atoms with Gasteiger partial charge in [0.15, 0.2) is 0 Å². The summed E-state index contributed by atoms with van der Waals surface area (Å²) >= 11 is -0.193. The van der Waals surface area contributed by atoms with Gasteiger partial charge in [0.05, 0.1) is 0 Å². The Morgan fingerprint density at radius 2 is 1.44 bits per heavy atom. The molecule has 0 aliphatic carbocycles. The van der Waals surface area contributed by atoms with E-state index >= 15 is 0 Å². The van der Waals surface area contributed by atoms with Crippen LogP contribution in [-0.2, 0) is 0 Å². The zero-order valence-electron chi connectivity index (χ0n) is 19.6. The van der Waals surface area contributed by atoms with Crippen molar-refractivity contribution >= 4 is 35.0 Å². The van der Waals surface area contributed by atoms with E-state index in [0.717, 1.165) is 10.2 Å². The summed E-state index contributed by atoms with van der Waals surface area (Å²) in [7, 11) is 1.54. The van der Waals surface area contributed by atoms with Gasteiger partial charge in [-0.25, -0.2) is 0 Å². The monoisotopic (exact) mass is 506 g/mol. The fourth-order valence-corrected chi connectivity index (χ4v) is 4.82. The molecule has 7 heteroatoms. The van der Waals surface area contributed by atoms with Gasteiger partial charge in [0, 0.05) is 0 Å². The number of ether oxygens (including phenoxy) is 4. The van der Waals surface area contributed by atoms with Crippen LogP contribution in [-0.4, -0.2) is 40.4 Å². The van der Waals surface area contributed by atoms with E-state index in [4.69, 9.17) is 23.4 Å². The molecule has 0 aliphatic heterocycles. The molecule has 0 radical (unpaired) electrons. The van der Waals surface area contributed by atoms with Crippen LogP contribution >= 0.6 is 0 Å². The van der Waals surface area contributed by atoms with E-state index < -0.39 is 0 Å². The molecule has 2 aromatic carbocycles. The zero-order chi connectivity index (χ0) is 23.4. The second-order valence-corrected chi connectivity index (χ2v) is 10.4. The second-order valence-electron chi connectivity index (χ2n) is 8.11. The molecule has 0 N–H and O–H groups in total. The van der Waals surface area contributed by atoms with Crippen LogP contribution in [0.3, 0.4) is 0 Å². The van der Waals surface area contributed by atoms with Crippen LogP contribution in [0.1, 0.15) is 41.5 Å². The average Bonchev–Trinajstić information content (AvgIpc) is 2.68. The van der Waals surface area contributed by atoms with E-state index in [9.17, 15) is 4.79 Å². The molecule has 3 aromatic rings. The fraction of sp³-hybridized carbons (Fsp3) is 0.400. The van der Waals surface area contributed by atoms with Crippen LogP contribution in [0.25, 0.3) is 11.0 Å². The van der Waals surface area contributed by atoms with E-state index in [0.29, 0.717) is 32.9 Å². The number of hydrogen-bond donors (Lipinski definition) is 0. The first-order valence-electron chi connectivity index (χ1n) is 10.6. The van der Waals surface area contributed by atoms with E-state index in [1.54, 1.807) is 6.07 Å². The van der Waals surface area contributed by atoms with E-state index in [2.05, 4.69) is 0 Å².